The summed E-state index contributed by atoms with van der Waals surface area (Å²) in [6, 6.07) is 5.23. The Labute approximate surface area is 110 Å². The van der Waals surface area contributed by atoms with Crippen LogP contribution in [-0.2, 0) is 6.54 Å². The first-order valence-electron chi connectivity index (χ1n) is 6.59. The quantitative estimate of drug-likeness (QED) is 0.761. The second kappa shape index (κ2) is 6.86. The number of hydrogen-bond acceptors (Lipinski definition) is 2. The minimum Gasteiger partial charge on any atom is -0.313 e. The van der Waals surface area contributed by atoms with Crippen LogP contribution < -0.4 is 10.6 Å². The third kappa shape index (κ3) is 6.12. The summed E-state index contributed by atoms with van der Waals surface area (Å²) in [4.78, 5) is 0. The Kier molecular flexibility index (Phi) is 5.76. The molecule has 0 aliphatic rings. The molecule has 0 saturated heterocycles. The minimum atomic E-state index is -0.124. The van der Waals surface area contributed by atoms with Gasteiger partial charge in [0.2, 0.25) is 0 Å². The van der Waals surface area contributed by atoms with Crippen molar-refractivity contribution in [2.45, 2.75) is 46.2 Å². The highest BCUT2D eigenvalue weighted by Gasteiger charge is 2.07. The van der Waals surface area contributed by atoms with Crippen LogP contribution >= 0.6 is 0 Å². The minimum absolute atomic E-state index is 0.124. The van der Waals surface area contributed by atoms with Crippen molar-refractivity contribution in [3.05, 3.63) is 35.1 Å². The smallest absolute Gasteiger partial charge is 0.127 e. The summed E-state index contributed by atoms with van der Waals surface area (Å²) in [5.41, 5.74) is 2.02. The van der Waals surface area contributed by atoms with E-state index in [0.29, 0.717) is 6.54 Å². The molecular formula is C15H25FN2. The Morgan fingerprint density at radius 3 is 2.56 bits per heavy atom. The van der Waals surface area contributed by atoms with Crippen molar-refractivity contribution >= 4 is 0 Å². The molecule has 0 unspecified atom stereocenters. The van der Waals surface area contributed by atoms with Crippen LogP contribution in [0.25, 0.3) is 0 Å². The Balaban J connectivity index is 2.20. The number of aryl methyl sites for hydroxylation is 1. The van der Waals surface area contributed by atoms with Gasteiger partial charge in [-0.05, 0) is 53.3 Å². The maximum atomic E-state index is 13.4. The van der Waals surface area contributed by atoms with E-state index in [9.17, 15) is 4.39 Å². The van der Waals surface area contributed by atoms with E-state index in [0.717, 1.165) is 30.6 Å². The zero-order valence-corrected chi connectivity index (χ0v) is 11.9. The second-order valence-corrected chi connectivity index (χ2v) is 5.80. The Hall–Kier alpha value is -0.930. The number of rotatable bonds is 6. The molecule has 0 aliphatic heterocycles. The van der Waals surface area contributed by atoms with E-state index in [1.807, 2.05) is 13.0 Å². The van der Waals surface area contributed by atoms with Crippen LogP contribution in [0.15, 0.2) is 18.2 Å². The van der Waals surface area contributed by atoms with E-state index < -0.39 is 0 Å². The summed E-state index contributed by atoms with van der Waals surface area (Å²) < 4.78 is 13.4. The van der Waals surface area contributed by atoms with E-state index in [-0.39, 0.29) is 11.4 Å². The Bertz CT molecular complexity index is 369. The maximum Gasteiger partial charge on any atom is 0.127 e. The van der Waals surface area contributed by atoms with Crippen molar-refractivity contribution in [3.63, 3.8) is 0 Å². The fourth-order valence-corrected chi connectivity index (χ4v) is 1.74. The molecule has 102 valence electrons. The average molecular weight is 252 g/mol. The van der Waals surface area contributed by atoms with Crippen molar-refractivity contribution in [1.29, 1.82) is 0 Å². The summed E-state index contributed by atoms with van der Waals surface area (Å²) >= 11 is 0. The molecule has 3 heteroatoms. The first kappa shape index (κ1) is 15.1. The van der Waals surface area contributed by atoms with Gasteiger partial charge in [-0.3, -0.25) is 0 Å². The first-order valence-corrected chi connectivity index (χ1v) is 6.59. The largest absolute Gasteiger partial charge is 0.313 e. The third-order valence-electron chi connectivity index (χ3n) is 2.70. The van der Waals surface area contributed by atoms with Crippen LogP contribution in [-0.4, -0.2) is 18.6 Å². The van der Waals surface area contributed by atoms with E-state index in [1.54, 1.807) is 6.07 Å². The SMILES string of the molecule is Cc1ccc(F)c(CNCCCNC(C)(C)C)c1. The van der Waals surface area contributed by atoms with Gasteiger partial charge < -0.3 is 10.6 Å². The lowest BCUT2D eigenvalue weighted by Gasteiger charge is -2.20. The van der Waals surface area contributed by atoms with Gasteiger partial charge in [0, 0.05) is 17.6 Å². The molecule has 0 heterocycles. The van der Waals surface area contributed by atoms with Gasteiger partial charge in [0.15, 0.2) is 0 Å². The molecule has 0 atom stereocenters. The molecule has 2 nitrogen and oxygen atoms in total. The molecule has 0 bridgehead atoms. The fourth-order valence-electron chi connectivity index (χ4n) is 1.74. The molecule has 0 fully saturated rings. The molecule has 2 N–H and O–H groups in total. The standard InChI is InChI=1S/C15H25FN2/c1-12-6-7-14(16)13(10-12)11-17-8-5-9-18-15(2,3)4/h6-7,10,17-18H,5,8-9,11H2,1-4H3. The van der Waals surface area contributed by atoms with Crippen LogP contribution in [0, 0.1) is 12.7 Å². The summed E-state index contributed by atoms with van der Waals surface area (Å²) in [5, 5.41) is 6.70. The summed E-state index contributed by atoms with van der Waals surface area (Å²) in [7, 11) is 0. The van der Waals surface area contributed by atoms with Crippen molar-refractivity contribution in [3.8, 4) is 0 Å². The van der Waals surface area contributed by atoms with E-state index in [2.05, 4.69) is 31.4 Å². The summed E-state index contributed by atoms with van der Waals surface area (Å²) in [6.45, 7) is 10.9. The summed E-state index contributed by atoms with van der Waals surface area (Å²) in [6.07, 6.45) is 1.05. The molecule has 0 aromatic heterocycles. The molecular weight excluding hydrogens is 227 g/mol. The van der Waals surface area contributed by atoms with E-state index in [4.69, 9.17) is 0 Å². The topological polar surface area (TPSA) is 24.1 Å². The highest BCUT2D eigenvalue weighted by atomic mass is 19.1. The van der Waals surface area contributed by atoms with Gasteiger partial charge in [0.05, 0.1) is 0 Å². The van der Waals surface area contributed by atoms with Gasteiger partial charge in [-0.25, -0.2) is 4.39 Å². The predicted molar refractivity (Wildman–Crippen MR) is 75.2 cm³/mol. The predicted octanol–water partition coefficient (Wildman–Crippen LogP) is 3.00. The van der Waals surface area contributed by atoms with Gasteiger partial charge in [-0.1, -0.05) is 17.7 Å². The lowest BCUT2D eigenvalue weighted by atomic mass is 10.1. The van der Waals surface area contributed by atoms with Gasteiger partial charge in [-0.15, -0.1) is 0 Å². The highest BCUT2D eigenvalue weighted by Crippen LogP contribution is 2.09. The maximum absolute atomic E-state index is 13.4. The van der Waals surface area contributed by atoms with Crippen LogP contribution in [0.1, 0.15) is 38.3 Å². The fraction of sp³-hybridized carbons (Fsp3) is 0.600. The Morgan fingerprint density at radius 1 is 1.17 bits per heavy atom. The molecule has 1 aromatic carbocycles. The van der Waals surface area contributed by atoms with Gasteiger partial charge >= 0.3 is 0 Å². The molecule has 1 aromatic rings. The normalized spacial score (nSPS) is 11.8. The third-order valence-corrected chi connectivity index (χ3v) is 2.70. The molecule has 1 rings (SSSR count). The van der Waals surface area contributed by atoms with Crippen molar-refractivity contribution in [2.75, 3.05) is 13.1 Å². The lowest BCUT2D eigenvalue weighted by molar-refractivity contribution is 0.418. The first-order chi connectivity index (χ1) is 8.38. The average Bonchev–Trinajstić information content (AvgIpc) is 2.26. The number of benzene rings is 1. The molecule has 0 spiro atoms. The van der Waals surface area contributed by atoms with Crippen LogP contribution in [0.5, 0.6) is 0 Å². The lowest BCUT2D eigenvalue weighted by Crippen LogP contribution is -2.37. The Morgan fingerprint density at radius 2 is 1.89 bits per heavy atom. The van der Waals surface area contributed by atoms with Gasteiger partial charge in [0.25, 0.3) is 0 Å². The zero-order chi connectivity index (χ0) is 13.6. The van der Waals surface area contributed by atoms with E-state index in [1.165, 1.54) is 6.07 Å². The molecule has 0 radical (unpaired) electrons. The summed E-state index contributed by atoms with van der Waals surface area (Å²) in [5.74, 6) is -0.124. The second-order valence-electron chi connectivity index (χ2n) is 5.80. The van der Waals surface area contributed by atoms with Crippen molar-refractivity contribution in [1.82, 2.24) is 10.6 Å². The molecule has 0 aliphatic carbocycles. The van der Waals surface area contributed by atoms with Crippen LogP contribution in [0.4, 0.5) is 4.39 Å². The monoisotopic (exact) mass is 252 g/mol. The number of halogens is 1. The van der Waals surface area contributed by atoms with Crippen LogP contribution in [0.3, 0.4) is 0 Å². The molecule has 0 saturated carbocycles. The van der Waals surface area contributed by atoms with Crippen LogP contribution in [0.2, 0.25) is 0 Å². The number of hydrogen-bond donors (Lipinski definition) is 2. The molecule has 0 amide bonds. The zero-order valence-electron chi connectivity index (χ0n) is 11.9. The van der Waals surface area contributed by atoms with Gasteiger partial charge in [0.1, 0.15) is 5.82 Å². The number of nitrogens with one attached hydrogen (secondary N) is 2. The van der Waals surface area contributed by atoms with Crippen molar-refractivity contribution < 1.29 is 4.39 Å². The highest BCUT2D eigenvalue weighted by molar-refractivity contribution is 5.23. The van der Waals surface area contributed by atoms with Crippen molar-refractivity contribution in [2.24, 2.45) is 0 Å². The van der Waals surface area contributed by atoms with Gasteiger partial charge in [-0.2, -0.15) is 0 Å². The molecule has 18 heavy (non-hydrogen) atoms. The van der Waals surface area contributed by atoms with E-state index >= 15 is 0 Å².